The van der Waals surface area contributed by atoms with E-state index in [4.69, 9.17) is 5.26 Å². The van der Waals surface area contributed by atoms with E-state index in [1.54, 1.807) is 30.3 Å². The van der Waals surface area contributed by atoms with Crippen LogP contribution in [0.2, 0.25) is 0 Å². The van der Waals surface area contributed by atoms with E-state index in [-0.39, 0.29) is 18.2 Å². The quantitative estimate of drug-likeness (QED) is 0.937. The Morgan fingerprint density at radius 1 is 1.20 bits per heavy atom. The van der Waals surface area contributed by atoms with Gasteiger partial charge in [-0.05, 0) is 48.9 Å². The molecule has 1 heterocycles. The summed E-state index contributed by atoms with van der Waals surface area (Å²) in [5.41, 5.74) is 3.04. The predicted octanol–water partition coefficient (Wildman–Crippen LogP) is 2.99. The minimum atomic E-state index is -0.352. The molecule has 6 heteroatoms. The van der Waals surface area contributed by atoms with Gasteiger partial charge in [0.1, 0.15) is 5.71 Å². The molecule has 0 aromatic heterocycles. The van der Waals surface area contributed by atoms with Gasteiger partial charge in [0.2, 0.25) is 5.91 Å². The Bertz CT molecular complexity index is 894. The molecular formula is C19H16N4O2. The maximum absolute atomic E-state index is 12.4. The number of hydrazone groups is 1. The first-order valence-electron chi connectivity index (χ1n) is 7.85. The molecule has 2 amide bonds. The third kappa shape index (κ3) is 3.72. The van der Waals surface area contributed by atoms with Crippen LogP contribution in [-0.2, 0) is 9.59 Å². The molecule has 1 N–H and O–H groups in total. The van der Waals surface area contributed by atoms with Crippen LogP contribution in [0.4, 0.5) is 11.4 Å². The fourth-order valence-electron chi connectivity index (χ4n) is 2.51. The van der Waals surface area contributed by atoms with Gasteiger partial charge in [-0.3, -0.25) is 9.59 Å². The van der Waals surface area contributed by atoms with Crippen LogP contribution in [0.3, 0.4) is 0 Å². The Morgan fingerprint density at radius 3 is 2.64 bits per heavy atom. The van der Waals surface area contributed by atoms with Crippen molar-refractivity contribution in [3.8, 4) is 6.07 Å². The minimum Gasteiger partial charge on any atom is -0.321 e. The van der Waals surface area contributed by atoms with E-state index in [0.29, 0.717) is 29.1 Å². The van der Waals surface area contributed by atoms with Crippen LogP contribution >= 0.6 is 0 Å². The van der Waals surface area contributed by atoms with Gasteiger partial charge in [0.15, 0.2) is 0 Å². The number of rotatable bonds is 3. The molecule has 0 radical (unpaired) electrons. The number of amides is 2. The Hall–Kier alpha value is -3.46. The highest BCUT2D eigenvalue weighted by molar-refractivity contribution is 6.44. The smallest absolute Gasteiger partial charge is 0.271 e. The summed E-state index contributed by atoms with van der Waals surface area (Å²) in [7, 11) is 0. The molecule has 0 fully saturated rings. The van der Waals surface area contributed by atoms with Crippen LogP contribution in [-0.4, -0.2) is 17.5 Å². The van der Waals surface area contributed by atoms with Gasteiger partial charge in [-0.25, -0.2) is 5.01 Å². The highest BCUT2D eigenvalue weighted by Gasteiger charge is 2.25. The summed E-state index contributed by atoms with van der Waals surface area (Å²) < 4.78 is 0. The Balaban J connectivity index is 1.80. The zero-order chi connectivity index (χ0) is 17.8. The van der Waals surface area contributed by atoms with Gasteiger partial charge in [0, 0.05) is 18.5 Å². The average molecular weight is 332 g/mol. The second kappa shape index (κ2) is 6.97. The van der Waals surface area contributed by atoms with Gasteiger partial charge in [-0.1, -0.05) is 12.1 Å². The van der Waals surface area contributed by atoms with Crippen LogP contribution in [0, 0.1) is 18.3 Å². The van der Waals surface area contributed by atoms with E-state index < -0.39 is 0 Å². The summed E-state index contributed by atoms with van der Waals surface area (Å²) in [6.07, 6.45) is 0.525. The zero-order valence-electron chi connectivity index (χ0n) is 13.7. The van der Waals surface area contributed by atoms with Crippen LogP contribution in [0.25, 0.3) is 0 Å². The number of benzene rings is 2. The van der Waals surface area contributed by atoms with Crippen molar-refractivity contribution in [3.63, 3.8) is 0 Å². The van der Waals surface area contributed by atoms with Gasteiger partial charge in [0.05, 0.1) is 17.3 Å². The molecule has 6 nitrogen and oxygen atoms in total. The number of nitrogens with one attached hydrogen (secondary N) is 1. The standard InChI is InChI=1S/C19H16N4O2/c1-13-3-2-4-16(11-13)23-18(24)10-9-17(22-23)19(25)21-15-7-5-14(12-20)6-8-15/h2-8,11H,9-10H2,1H3,(H,21,25). The molecule has 3 rings (SSSR count). The molecular weight excluding hydrogens is 316 g/mol. The molecule has 2 aromatic rings. The normalized spacial score (nSPS) is 13.8. The third-order valence-corrected chi connectivity index (χ3v) is 3.81. The lowest BCUT2D eigenvalue weighted by Gasteiger charge is -2.23. The summed E-state index contributed by atoms with van der Waals surface area (Å²) in [6.45, 7) is 1.93. The van der Waals surface area contributed by atoms with Gasteiger partial charge in [0.25, 0.3) is 5.91 Å². The van der Waals surface area contributed by atoms with Crippen LogP contribution < -0.4 is 10.3 Å². The summed E-state index contributed by atoms with van der Waals surface area (Å²) in [4.78, 5) is 24.6. The number of aryl methyl sites for hydroxylation is 1. The molecule has 0 unspecified atom stereocenters. The molecule has 0 atom stereocenters. The van der Waals surface area contributed by atoms with Crippen molar-refractivity contribution in [2.24, 2.45) is 5.10 Å². The maximum Gasteiger partial charge on any atom is 0.271 e. The molecule has 0 aliphatic carbocycles. The molecule has 0 bridgehead atoms. The Labute approximate surface area is 145 Å². The van der Waals surface area contributed by atoms with Crippen molar-refractivity contribution in [1.29, 1.82) is 5.26 Å². The Kier molecular flexibility index (Phi) is 4.57. The number of carbonyl (C=O) groups excluding carboxylic acids is 2. The van der Waals surface area contributed by atoms with Crippen LogP contribution in [0.15, 0.2) is 53.6 Å². The summed E-state index contributed by atoms with van der Waals surface area (Å²) in [5.74, 6) is -0.490. The highest BCUT2D eigenvalue weighted by Crippen LogP contribution is 2.21. The SMILES string of the molecule is Cc1cccc(N2N=C(C(=O)Nc3ccc(C#N)cc3)CCC2=O)c1. The van der Waals surface area contributed by atoms with Crippen molar-refractivity contribution in [2.75, 3.05) is 10.3 Å². The van der Waals surface area contributed by atoms with E-state index in [2.05, 4.69) is 10.4 Å². The van der Waals surface area contributed by atoms with Crippen molar-refractivity contribution in [1.82, 2.24) is 0 Å². The first-order valence-corrected chi connectivity index (χ1v) is 7.85. The van der Waals surface area contributed by atoms with Crippen molar-refractivity contribution in [2.45, 2.75) is 19.8 Å². The van der Waals surface area contributed by atoms with E-state index in [0.717, 1.165) is 5.56 Å². The van der Waals surface area contributed by atoms with Crippen LogP contribution in [0.1, 0.15) is 24.0 Å². The number of nitriles is 1. The average Bonchev–Trinajstić information content (AvgIpc) is 2.62. The topological polar surface area (TPSA) is 85.6 Å². The van der Waals surface area contributed by atoms with Crippen LogP contribution in [0.5, 0.6) is 0 Å². The molecule has 124 valence electrons. The second-order valence-electron chi connectivity index (χ2n) is 5.73. The zero-order valence-corrected chi connectivity index (χ0v) is 13.7. The maximum atomic E-state index is 12.4. The summed E-state index contributed by atoms with van der Waals surface area (Å²) in [6, 6.07) is 16.0. The number of carbonyl (C=O) groups is 2. The van der Waals surface area contributed by atoms with Gasteiger partial charge < -0.3 is 5.32 Å². The highest BCUT2D eigenvalue weighted by atomic mass is 16.2. The van der Waals surface area contributed by atoms with Gasteiger partial charge >= 0.3 is 0 Å². The lowest BCUT2D eigenvalue weighted by atomic mass is 10.1. The van der Waals surface area contributed by atoms with E-state index in [1.807, 2.05) is 31.2 Å². The molecule has 2 aromatic carbocycles. The fraction of sp³-hybridized carbons (Fsp3) is 0.158. The van der Waals surface area contributed by atoms with Crippen molar-refractivity contribution < 1.29 is 9.59 Å². The summed E-state index contributed by atoms with van der Waals surface area (Å²) in [5, 5.41) is 17.1. The molecule has 1 aliphatic rings. The first-order chi connectivity index (χ1) is 12.1. The molecule has 0 saturated heterocycles. The van der Waals surface area contributed by atoms with E-state index in [1.165, 1.54) is 5.01 Å². The Morgan fingerprint density at radius 2 is 1.96 bits per heavy atom. The molecule has 0 saturated carbocycles. The largest absolute Gasteiger partial charge is 0.321 e. The number of anilines is 2. The van der Waals surface area contributed by atoms with Gasteiger partial charge in [-0.2, -0.15) is 10.4 Å². The van der Waals surface area contributed by atoms with E-state index in [9.17, 15) is 9.59 Å². The molecule has 0 spiro atoms. The predicted molar refractivity (Wildman–Crippen MR) is 95.1 cm³/mol. The first kappa shape index (κ1) is 16.4. The second-order valence-corrected chi connectivity index (χ2v) is 5.73. The lowest BCUT2D eigenvalue weighted by Crippen LogP contribution is -2.36. The lowest BCUT2D eigenvalue weighted by molar-refractivity contribution is -0.118. The monoisotopic (exact) mass is 332 g/mol. The fourth-order valence-corrected chi connectivity index (χ4v) is 2.51. The van der Waals surface area contributed by atoms with Crippen molar-refractivity contribution >= 4 is 28.9 Å². The number of nitrogens with zero attached hydrogens (tertiary/aromatic N) is 3. The third-order valence-electron chi connectivity index (χ3n) is 3.81. The summed E-state index contributed by atoms with van der Waals surface area (Å²) >= 11 is 0. The minimum absolute atomic E-state index is 0.138. The van der Waals surface area contributed by atoms with E-state index >= 15 is 0 Å². The number of hydrogen-bond acceptors (Lipinski definition) is 4. The van der Waals surface area contributed by atoms with Crippen molar-refractivity contribution in [3.05, 3.63) is 59.7 Å². The van der Waals surface area contributed by atoms with Gasteiger partial charge in [-0.15, -0.1) is 0 Å². The number of hydrogen-bond donors (Lipinski definition) is 1. The molecule has 25 heavy (non-hydrogen) atoms. The molecule has 1 aliphatic heterocycles.